The number of benzene rings is 2. The van der Waals surface area contributed by atoms with Gasteiger partial charge < -0.3 is 19.7 Å². The van der Waals surface area contributed by atoms with Gasteiger partial charge in [-0.2, -0.15) is 0 Å². The molecule has 112 valence electrons. The molecule has 0 saturated carbocycles. The average molecular weight is 300 g/mol. The highest BCUT2D eigenvalue weighted by Gasteiger charge is 2.17. The fourth-order valence-corrected chi connectivity index (χ4v) is 2.37. The molecule has 0 spiro atoms. The zero-order valence-electron chi connectivity index (χ0n) is 11.4. The summed E-state index contributed by atoms with van der Waals surface area (Å²) in [6.45, 7) is 0.168. The molecule has 0 aliphatic carbocycles. The molecule has 0 bridgehead atoms. The molecule has 2 aromatic rings. The molecular formula is C16H12O6. The van der Waals surface area contributed by atoms with E-state index in [0.717, 1.165) is 11.1 Å². The number of rotatable bonds is 4. The number of carboxylic acid groups (broad SMARTS) is 2. The Hall–Kier alpha value is -3.02. The van der Waals surface area contributed by atoms with Gasteiger partial charge in [-0.15, -0.1) is 0 Å². The first-order valence-electron chi connectivity index (χ1n) is 6.52. The van der Waals surface area contributed by atoms with E-state index >= 15 is 0 Å². The highest BCUT2D eigenvalue weighted by Crippen LogP contribution is 2.36. The summed E-state index contributed by atoms with van der Waals surface area (Å²) in [6.07, 6.45) is -0.347. The van der Waals surface area contributed by atoms with E-state index in [2.05, 4.69) is 0 Å². The van der Waals surface area contributed by atoms with Crippen LogP contribution >= 0.6 is 0 Å². The van der Waals surface area contributed by atoms with Crippen LogP contribution in [0.5, 0.6) is 11.5 Å². The zero-order chi connectivity index (χ0) is 15.7. The Morgan fingerprint density at radius 2 is 1.64 bits per heavy atom. The fourth-order valence-electron chi connectivity index (χ4n) is 2.37. The van der Waals surface area contributed by atoms with Crippen LogP contribution in [-0.2, 0) is 11.2 Å². The predicted molar refractivity (Wildman–Crippen MR) is 76.3 cm³/mol. The number of hydrogen-bond donors (Lipinski definition) is 2. The van der Waals surface area contributed by atoms with E-state index in [1.165, 1.54) is 6.07 Å². The van der Waals surface area contributed by atoms with Crippen molar-refractivity contribution in [3.8, 4) is 22.6 Å². The van der Waals surface area contributed by atoms with Gasteiger partial charge in [0, 0.05) is 0 Å². The lowest BCUT2D eigenvalue weighted by Gasteiger charge is -2.08. The third-order valence-corrected chi connectivity index (χ3v) is 3.38. The normalized spacial score (nSPS) is 12.2. The van der Waals surface area contributed by atoms with Crippen molar-refractivity contribution in [3.63, 3.8) is 0 Å². The van der Waals surface area contributed by atoms with Crippen molar-refractivity contribution >= 4 is 11.9 Å². The smallest absolute Gasteiger partial charge is 0.335 e. The van der Waals surface area contributed by atoms with Gasteiger partial charge in [-0.3, -0.25) is 4.79 Å². The van der Waals surface area contributed by atoms with Crippen LogP contribution in [0.4, 0.5) is 0 Å². The minimum absolute atomic E-state index is 0.00751. The van der Waals surface area contributed by atoms with Gasteiger partial charge in [-0.05, 0) is 41.0 Å². The highest BCUT2D eigenvalue weighted by atomic mass is 16.7. The summed E-state index contributed by atoms with van der Waals surface area (Å²) in [7, 11) is 0. The number of carboxylic acids is 2. The minimum atomic E-state index is -1.14. The van der Waals surface area contributed by atoms with Gasteiger partial charge in [-0.25, -0.2) is 4.79 Å². The van der Waals surface area contributed by atoms with Gasteiger partial charge in [0.05, 0.1) is 12.0 Å². The molecule has 2 N–H and O–H groups in total. The minimum Gasteiger partial charge on any atom is -0.481 e. The van der Waals surface area contributed by atoms with Crippen LogP contribution in [0.2, 0.25) is 0 Å². The second-order valence-corrected chi connectivity index (χ2v) is 4.82. The van der Waals surface area contributed by atoms with Gasteiger partial charge in [-0.1, -0.05) is 12.1 Å². The van der Waals surface area contributed by atoms with E-state index in [0.29, 0.717) is 11.5 Å². The maximum atomic E-state index is 11.2. The molecule has 0 aromatic heterocycles. The Kier molecular flexibility index (Phi) is 3.42. The molecule has 1 aliphatic rings. The van der Waals surface area contributed by atoms with Crippen molar-refractivity contribution in [2.75, 3.05) is 6.79 Å². The Morgan fingerprint density at radius 1 is 0.955 bits per heavy atom. The topological polar surface area (TPSA) is 93.1 Å². The van der Waals surface area contributed by atoms with Crippen molar-refractivity contribution in [3.05, 3.63) is 47.5 Å². The summed E-state index contributed by atoms with van der Waals surface area (Å²) in [5, 5.41) is 18.1. The van der Waals surface area contributed by atoms with E-state index < -0.39 is 11.9 Å². The Balaban J connectivity index is 2.04. The first kappa shape index (κ1) is 13.9. The van der Waals surface area contributed by atoms with E-state index in [4.69, 9.17) is 19.7 Å². The Morgan fingerprint density at radius 3 is 2.36 bits per heavy atom. The molecule has 6 heteroatoms. The van der Waals surface area contributed by atoms with Crippen LogP contribution in [0.1, 0.15) is 15.9 Å². The van der Waals surface area contributed by atoms with Crippen LogP contribution in [-0.4, -0.2) is 28.9 Å². The summed E-state index contributed by atoms with van der Waals surface area (Å²) >= 11 is 0. The number of ether oxygens (including phenoxy) is 2. The van der Waals surface area contributed by atoms with Crippen LogP contribution in [0, 0.1) is 0 Å². The number of fused-ring (bicyclic) bond motifs is 1. The third kappa shape index (κ3) is 2.58. The molecule has 0 saturated heterocycles. The lowest BCUT2D eigenvalue weighted by atomic mass is 9.97. The Bertz CT molecular complexity index is 765. The lowest BCUT2D eigenvalue weighted by molar-refractivity contribution is -0.136. The summed E-state index contributed by atoms with van der Waals surface area (Å²) in [6, 6.07) is 10.00. The van der Waals surface area contributed by atoms with Crippen LogP contribution in [0.15, 0.2) is 36.4 Å². The summed E-state index contributed by atoms with van der Waals surface area (Å²) in [5.41, 5.74) is 1.77. The van der Waals surface area contributed by atoms with Crippen molar-refractivity contribution in [1.82, 2.24) is 0 Å². The summed E-state index contributed by atoms with van der Waals surface area (Å²) in [4.78, 5) is 22.1. The summed E-state index contributed by atoms with van der Waals surface area (Å²) < 4.78 is 10.5. The van der Waals surface area contributed by atoms with Crippen molar-refractivity contribution < 1.29 is 29.3 Å². The quantitative estimate of drug-likeness (QED) is 0.900. The van der Waals surface area contributed by atoms with Crippen LogP contribution in [0.25, 0.3) is 11.1 Å². The molecule has 6 nitrogen and oxygen atoms in total. The van der Waals surface area contributed by atoms with E-state index in [1.54, 1.807) is 24.3 Å². The van der Waals surface area contributed by atoms with E-state index in [-0.39, 0.29) is 24.3 Å². The third-order valence-electron chi connectivity index (χ3n) is 3.38. The number of aliphatic carboxylic acids is 1. The molecule has 1 aliphatic heterocycles. The maximum Gasteiger partial charge on any atom is 0.335 e. The monoisotopic (exact) mass is 300 g/mol. The van der Waals surface area contributed by atoms with Gasteiger partial charge in [0.25, 0.3) is 0 Å². The van der Waals surface area contributed by atoms with E-state index in [1.807, 2.05) is 6.07 Å². The van der Waals surface area contributed by atoms with Crippen LogP contribution < -0.4 is 9.47 Å². The zero-order valence-corrected chi connectivity index (χ0v) is 11.4. The Labute approximate surface area is 125 Å². The lowest BCUT2D eigenvalue weighted by Crippen LogP contribution is -2.08. The first-order valence-corrected chi connectivity index (χ1v) is 6.52. The molecule has 0 radical (unpaired) electrons. The first-order chi connectivity index (χ1) is 10.5. The molecular weight excluding hydrogens is 288 g/mol. The second-order valence-electron chi connectivity index (χ2n) is 4.82. The molecule has 0 fully saturated rings. The fraction of sp³-hybridized carbons (Fsp3) is 0.125. The molecule has 3 rings (SSSR count). The molecule has 0 unspecified atom stereocenters. The molecule has 0 amide bonds. The average Bonchev–Trinajstić information content (AvgIpc) is 2.93. The van der Waals surface area contributed by atoms with Gasteiger partial charge >= 0.3 is 11.9 Å². The van der Waals surface area contributed by atoms with Crippen molar-refractivity contribution in [1.29, 1.82) is 0 Å². The number of carbonyl (C=O) groups is 2. The highest BCUT2D eigenvalue weighted by molar-refractivity contribution is 5.92. The van der Waals surface area contributed by atoms with E-state index in [9.17, 15) is 9.59 Å². The number of aromatic carboxylic acids is 1. The van der Waals surface area contributed by atoms with Gasteiger partial charge in [0.1, 0.15) is 0 Å². The molecule has 1 heterocycles. The van der Waals surface area contributed by atoms with Crippen LogP contribution in [0.3, 0.4) is 0 Å². The predicted octanol–water partition coefficient (Wildman–Crippen LogP) is 2.41. The van der Waals surface area contributed by atoms with Crippen molar-refractivity contribution in [2.45, 2.75) is 6.42 Å². The van der Waals surface area contributed by atoms with Crippen molar-refractivity contribution in [2.24, 2.45) is 0 Å². The van der Waals surface area contributed by atoms with Gasteiger partial charge in [0.15, 0.2) is 11.5 Å². The number of hydrogen-bond acceptors (Lipinski definition) is 4. The van der Waals surface area contributed by atoms with Gasteiger partial charge in [0.2, 0.25) is 6.79 Å². The largest absolute Gasteiger partial charge is 0.481 e. The molecule has 2 aromatic carbocycles. The standard InChI is InChI=1S/C16H12O6/c17-15(18)7-11-5-9(1-3-12(11)16(19)20)10-2-4-13-14(6-10)22-8-21-13/h1-6H,7-8H2,(H,17,18)(H,19,20). The SMILES string of the molecule is O=C(O)Cc1cc(-c2ccc3c(c2)OCO3)ccc1C(=O)O. The summed E-state index contributed by atoms with van der Waals surface area (Å²) in [5.74, 6) is -0.963. The maximum absolute atomic E-state index is 11.2. The second kappa shape index (κ2) is 5.40. The molecule has 22 heavy (non-hydrogen) atoms. The molecule has 0 atom stereocenters.